The fraction of sp³-hybridized carbons (Fsp3) is 0.133. The molecule has 0 bridgehead atoms. The molecule has 7 nitrogen and oxygen atoms in total. The number of benzene rings is 3. The number of aromatic nitrogens is 1. The molecule has 4 aromatic rings. The first-order valence-electron chi connectivity index (χ1n) is 12.1. The number of pyridine rings is 1. The number of rotatable bonds is 8. The number of nitrogens with zero attached hydrogens (tertiary/aromatic N) is 1. The molecule has 192 valence electrons. The van der Waals surface area contributed by atoms with Crippen molar-refractivity contribution < 1.29 is 18.8 Å². The van der Waals surface area contributed by atoms with Crippen LogP contribution < -0.4 is 16.2 Å². The summed E-state index contributed by atoms with van der Waals surface area (Å²) in [5, 5.41) is 5.58. The highest BCUT2D eigenvalue weighted by molar-refractivity contribution is 6.10. The molecular formula is C30H26FN3O4. The number of hydrogen-bond donors (Lipinski definition) is 2. The molecular weight excluding hydrogens is 485 g/mol. The first-order valence-corrected chi connectivity index (χ1v) is 12.1. The van der Waals surface area contributed by atoms with Crippen molar-refractivity contribution in [2.75, 3.05) is 11.9 Å². The van der Waals surface area contributed by atoms with E-state index in [0.29, 0.717) is 17.8 Å². The Morgan fingerprint density at radius 1 is 0.842 bits per heavy atom. The lowest BCUT2D eigenvalue weighted by Gasteiger charge is -2.16. The lowest BCUT2D eigenvalue weighted by atomic mass is 10.0. The highest BCUT2D eigenvalue weighted by atomic mass is 19.1. The summed E-state index contributed by atoms with van der Waals surface area (Å²) in [6.45, 7) is 4.10. The van der Waals surface area contributed by atoms with Gasteiger partial charge in [-0.2, -0.15) is 0 Å². The summed E-state index contributed by atoms with van der Waals surface area (Å²) < 4.78 is 14.3. The molecule has 38 heavy (non-hydrogen) atoms. The fourth-order valence-corrected chi connectivity index (χ4v) is 4.00. The van der Waals surface area contributed by atoms with Gasteiger partial charge in [-0.25, -0.2) is 8.96 Å². The highest BCUT2D eigenvalue weighted by Crippen LogP contribution is 2.21. The van der Waals surface area contributed by atoms with Gasteiger partial charge in [-0.1, -0.05) is 49.4 Å². The van der Waals surface area contributed by atoms with Crippen LogP contribution >= 0.6 is 0 Å². The lowest BCUT2D eigenvalue weighted by molar-refractivity contribution is -0.117. The van der Waals surface area contributed by atoms with Gasteiger partial charge in [0.25, 0.3) is 11.5 Å². The average Bonchev–Trinajstić information content (AvgIpc) is 2.94. The van der Waals surface area contributed by atoms with Crippen molar-refractivity contribution in [3.05, 3.63) is 124 Å². The third-order valence-electron chi connectivity index (χ3n) is 5.99. The third-order valence-corrected chi connectivity index (χ3v) is 5.99. The maximum absolute atomic E-state index is 13.8. The Kier molecular flexibility index (Phi) is 8.03. The molecule has 0 saturated carbocycles. The maximum atomic E-state index is 13.8. The summed E-state index contributed by atoms with van der Waals surface area (Å²) in [4.78, 5) is 52.9. The van der Waals surface area contributed by atoms with E-state index in [1.165, 1.54) is 42.5 Å². The first-order chi connectivity index (χ1) is 18.3. The number of amides is 1. The van der Waals surface area contributed by atoms with Crippen molar-refractivity contribution in [2.45, 2.75) is 19.9 Å². The molecule has 4 rings (SSSR count). The number of halogens is 1. The van der Waals surface area contributed by atoms with Gasteiger partial charge in [-0.3, -0.25) is 19.2 Å². The minimum absolute atomic E-state index is 0.0497. The number of nitrogens with one attached hydrogen (secondary N) is 2. The largest absolute Gasteiger partial charge is 0.320 e. The summed E-state index contributed by atoms with van der Waals surface area (Å²) in [6, 6.07) is 22.5. The van der Waals surface area contributed by atoms with E-state index in [1.54, 1.807) is 49.4 Å². The second kappa shape index (κ2) is 11.6. The molecule has 0 spiro atoms. The van der Waals surface area contributed by atoms with Crippen LogP contribution in [-0.4, -0.2) is 34.8 Å². The van der Waals surface area contributed by atoms with Crippen molar-refractivity contribution >= 4 is 23.3 Å². The predicted molar refractivity (Wildman–Crippen MR) is 144 cm³/mol. The van der Waals surface area contributed by atoms with Crippen LogP contribution in [0.1, 0.15) is 40.1 Å². The monoisotopic (exact) mass is 511 g/mol. The van der Waals surface area contributed by atoms with E-state index in [9.17, 15) is 23.6 Å². The molecule has 0 aliphatic rings. The number of carbonyl (C=O) groups excluding carboxylic acids is 3. The van der Waals surface area contributed by atoms with E-state index in [-0.39, 0.29) is 22.4 Å². The minimum Gasteiger partial charge on any atom is -0.320 e. The number of hydrogen-bond acceptors (Lipinski definition) is 5. The van der Waals surface area contributed by atoms with E-state index >= 15 is 0 Å². The van der Waals surface area contributed by atoms with Gasteiger partial charge in [-0.05, 0) is 67.6 Å². The van der Waals surface area contributed by atoms with E-state index in [4.69, 9.17) is 0 Å². The van der Waals surface area contributed by atoms with Crippen LogP contribution in [0.5, 0.6) is 0 Å². The normalized spacial score (nSPS) is 11.6. The first kappa shape index (κ1) is 26.4. The minimum atomic E-state index is -0.705. The van der Waals surface area contributed by atoms with Crippen LogP contribution in [0.2, 0.25) is 0 Å². The zero-order valence-electron chi connectivity index (χ0n) is 20.9. The van der Waals surface area contributed by atoms with Gasteiger partial charge in [0.15, 0.2) is 5.78 Å². The van der Waals surface area contributed by atoms with Crippen LogP contribution in [-0.2, 0) is 4.79 Å². The summed E-state index contributed by atoms with van der Waals surface area (Å²) in [5.41, 5.74) is 0.763. The molecule has 0 aliphatic heterocycles. The van der Waals surface area contributed by atoms with Gasteiger partial charge in [0.05, 0.1) is 11.7 Å². The number of anilines is 1. The van der Waals surface area contributed by atoms with Gasteiger partial charge in [0.1, 0.15) is 11.5 Å². The Bertz CT molecular complexity index is 1550. The SMILES string of the molecule is CCNC(C)C(=O)Nc1ccc(-c2ccccc2)n(C(=O)c2cccc(C(=O)c3ccc(F)cc3)c2)c1=O. The summed E-state index contributed by atoms with van der Waals surface area (Å²) >= 11 is 0. The second-order valence-electron chi connectivity index (χ2n) is 8.63. The number of likely N-dealkylation sites (N-methyl/N-ethyl adjacent to an activating group) is 1. The Hall–Kier alpha value is -4.69. The van der Waals surface area contributed by atoms with Crippen LogP contribution in [0, 0.1) is 5.82 Å². The molecule has 1 unspecified atom stereocenters. The van der Waals surface area contributed by atoms with Crippen LogP contribution in [0.3, 0.4) is 0 Å². The lowest BCUT2D eigenvalue weighted by Crippen LogP contribution is -2.40. The van der Waals surface area contributed by atoms with Crippen molar-refractivity contribution in [2.24, 2.45) is 0 Å². The van der Waals surface area contributed by atoms with E-state index < -0.39 is 35.0 Å². The second-order valence-corrected chi connectivity index (χ2v) is 8.63. The molecule has 1 heterocycles. The van der Waals surface area contributed by atoms with Gasteiger partial charge < -0.3 is 10.6 Å². The van der Waals surface area contributed by atoms with Crippen molar-refractivity contribution in [1.29, 1.82) is 0 Å². The van der Waals surface area contributed by atoms with E-state index in [0.717, 1.165) is 4.57 Å². The Morgan fingerprint density at radius 3 is 2.21 bits per heavy atom. The van der Waals surface area contributed by atoms with Gasteiger partial charge in [0.2, 0.25) is 5.91 Å². The smallest absolute Gasteiger partial charge is 0.281 e. The Morgan fingerprint density at radius 2 is 1.53 bits per heavy atom. The van der Waals surface area contributed by atoms with Crippen molar-refractivity contribution in [1.82, 2.24) is 9.88 Å². The third kappa shape index (κ3) is 5.66. The van der Waals surface area contributed by atoms with Crippen LogP contribution in [0.25, 0.3) is 11.3 Å². The summed E-state index contributed by atoms with van der Waals surface area (Å²) in [7, 11) is 0. The standard InChI is InChI=1S/C30H26FN3O4/c1-3-32-19(2)28(36)33-25-16-17-26(20-8-5-4-6-9-20)34(30(25)38)29(37)23-11-7-10-22(18-23)27(35)21-12-14-24(31)15-13-21/h4-19,32H,3H2,1-2H3,(H,33,36). The fourth-order valence-electron chi connectivity index (χ4n) is 4.00. The molecule has 1 atom stereocenters. The summed E-state index contributed by atoms with van der Waals surface area (Å²) in [6.07, 6.45) is 0. The predicted octanol–water partition coefficient (Wildman–Crippen LogP) is 4.51. The molecule has 0 radical (unpaired) electrons. The molecule has 0 aliphatic carbocycles. The summed E-state index contributed by atoms with van der Waals surface area (Å²) in [5.74, 6) is -1.94. The maximum Gasteiger partial charge on any atom is 0.281 e. The molecule has 1 aromatic heterocycles. The van der Waals surface area contributed by atoms with Gasteiger partial charge >= 0.3 is 0 Å². The Balaban J connectivity index is 1.77. The zero-order chi connectivity index (χ0) is 27.2. The quantitative estimate of drug-likeness (QED) is 0.339. The van der Waals surface area contributed by atoms with E-state index in [2.05, 4.69) is 10.6 Å². The average molecular weight is 512 g/mol. The van der Waals surface area contributed by atoms with Gasteiger partial charge in [0, 0.05) is 16.7 Å². The molecule has 0 saturated heterocycles. The van der Waals surface area contributed by atoms with Crippen LogP contribution in [0.4, 0.5) is 10.1 Å². The topological polar surface area (TPSA) is 97.3 Å². The van der Waals surface area contributed by atoms with Crippen LogP contribution in [0.15, 0.2) is 95.8 Å². The molecule has 0 fully saturated rings. The van der Waals surface area contributed by atoms with E-state index in [1.807, 2.05) is 13.0 Å². The zero-order valence-corrected chi connectivity index (χ0v) is 20.9. The number of carbonyl (C=O) groups is 3. The van der Waals surface area contributed by atoms with Gasteiger partial charge in [-0.15, -0.1) is 0 Å². The van der Waals surface area contributed by atoms with Crippen molar-refractivity contribution in [3.8, 4) is 11.3 Å². The molecule has 8 heteroatoms. The number of ketones is 1. The molecule has 1 amide bonds. The molecule has 3 aromatic carbocycles. The van der Waals surface area contributed by atoms with Crippen molar-refractivity contribution in [3.63, 3.8) is 0 Å². The Labute approximate surface area is 218 Å². The highest BCUT2D eigenvalue weighted by Gasteiger charge is 2.21. The molecule has 2 N–H and O–H groups in total.